The molecule has 2 aromatic rings. The summed E-state index contributed by atoms with van der Waals surface area (Å²) < 4.78 is 16.7. The molecule has 7 heteroatoms. The molecule has 1 N–H and O–H groups in total. The standard InChI is InChI=1S/C20H23BrO6/c1-14(22)20-17-13-16(26-9-2-3-19(23)24)6-4-15(17)5-7-18(20)27-12-11-25-10-8-21/h4-7,13H,2-3,8-12H2,1H3,(H,23,24). The summed E-state index contributed by atoms with van der Waals surface area (Å²) in [5.41, 5.74) is 0.504. The highest BCUT2D eigenvalue weighted by molar-refractivity contribution is 9.09. The number of Topliss-reactive ketones (excluding diaryl/α,β-unsaturated/α-hetero) is 1. The number of hydrogen-bond donors (Lipinski definition) is 1. The molecule has 27 heavy (non-hydrogen) atoms. The van der Waals surface area contributed by atoms with E-state index in [0.717, 1.165) is 16.1 Å². The molecule has 146 valence electrons. The number of benzene rings is 2. The van der Waals surface area contributed by atoms with Crippen molar-refractivity contribution >= 4 is 38.5 Å². The minimum absolute atomic E-state index is 0.0570. The van der Waals surface area contributed by atoms with Crippen molar-refractivity contribution in [3.05, 3.63) is 35.9 Å². The number of halogens is 1. The molecule has 0 saturated carbocycles. The number of aliphatic carboxylic acids is 1. The fourth-order valence-corrected chi connectivity index (χ4v) is 2.86. The molecule has 0 amide bonds. The molecular weight excluding hydrogens is 416 g/mol. The Labute approximate surface area is 166 Å². The topological polar surface area (TPSA) is 82.1 Å². The first-order chi connectivity index (χ1) is 13.0. The van der Waals surface area contributed by atoms with Crippen LogP contribution in [0.25, 0.3) is 10.8 Å². The van der Waals surface area contributed by atoms with Gasteiger partial charge in [-0.2, -0.15) is 0 Å². The zero-order valence-corrected chi connectivity index (χ0v) is 16.8. The zero-order chi connectivity index (χ0) is 19.6. The maximum absolute atomic E-state index is 12.2. The SMILES string of the molecule is CC(=O)c1c(OCCOCCBr)ccc2ccc(OCCCC(=O)O)cc12. The van der Waals surface area contributed by atoms with Crippen molar-refractivity contribution in [3.63, 3.8) is 0 Å². The molecule has 0 aliphatic heterocycles. The van der Waals surface area contributed by atoms with Crippen molar-refractivity contribution in [3.8, 4) is 11.5 Å². The van der Waals surface area contributed by atoms with E-state index in [0.29, 0.717) is 49.9 Å². The van der Waals surface area contributed by atoms with Crippen LogP contribution >= 0.6 is 15.9 Å². The predicted octanol–water partition coefficient (Wildman–Crippen LogP) is 4.08. The number of carbonyl (C=O) groups excluding carboxylic acids is 1. The maximum Gasteiger partial charge on any atom is 0.303 e. The summed E-state index contributed by atoms with van der Waals surface area (Å²) in [6.45, 7) is 3.19. The van der Waals surface area contributed by atoms with Crippen LogP contribution in [0.1, 0.15) is 30.1 Å². The fraction of sp³-hybridized carbons (Fsp3) is 0.400. The van der Waals surface area contributed by atoms with E-state index in [2.05, 4.69) is 15.9 Å². The largest absolute Gasteiger partial charge is 0.494 e. The summed E-state index contributed by atoms with van der Waals surface area (Å²) in [6, 6.07) is 9.15. The van der Waals surface area contributed by atoms with Crippen LogP contribution in [0.15, 0.2) is 30.3 Å². The molecule has 2 aromatic carbocycles. The summed E-state index contributed by atoms with van der Waals surface area (Å²) in [5, 5.41) is 11.1. The van der Waals surface area contributed by atoms with Crippen LogP contribution in [0.3, 0.4) is 0 Å². The number of hydrogen-bond acceptors (Lipinski definition) is 5. The summed E-state index contributed by atoms with van der Waals surface area (Å²) >= 11 is 3.29. The van der Waals surface area contributed by atoms with E-state index >= 15 is 0 Å². The number of carboxylic acids is 1. The van der Waals surface area contributed by atoms with Crippen molar-refractivity contribution in [1.82, 2.24) is 0 Å². The predicted molar refractivity (Wildman–Crippen MR) is 106 cm³/mol. The number of carboxylic acid groups (broad SMARTS) is 1. The third-order valence-electron chi connectivity index (χ3n) is 3.82. The lowest BCUT2D eigenvalue weighted by Crippen LogP contribution is -2.10. The second-order valence-corrected chi connectivity index (χ2v) is 6.67. The van der Waals surface area contributed by atoms with E-state index in [-0.39, 0.29) is 12.2 Å². The molecule has 0 fully saturated rings. The van der Waals surface area contributed by atoms with Gasteiger partial charge in [-0.05, 0) is 42.3 Å². The van der Waals surface area contributed by atoms with Crippen LogP contribution < -0.4 is 9.47 Å². The Bertz CT molecular complexity index is 789. The molecule has 0 radical (unpaired) electrons. The zero-order valence-electron chi connectivity index (χ0n) is 15.2. The molecule has 0 aromatic heterocycles. The van der Waals surface area contributed by atoms with Gasteiger partial charge in [-0.3, -0.25) is 9.59 Å². The van der Waals surface area contributed by atoms with Crippen LogP contribution in [0, 0.1) is 0 Å². The van der Waals surface area contributed by atoms with Gasteiger partial charge in [-0.25, -0.2) is 0 Å². The lowest BCUT2D eigenvalue weighted by Gasteiger charge is -2.14. The second kappa shape index (κ2) is 10.9. The number of ether oxygens (including phenoxy) is 3. The van der Waals surface area contributed by atoms with Gasteiger partial charge in [0.05, 0.1) is 25.4 Å². The minimum Gasteiger partial charge on any atom is -0.494 e. The van der Waals surface area contributed by atoms with E-state index in [9.17, 15) is 9.59 Å². The monoisotopic (exact) mass is 438 g/mol. The molecule has 0 heterocycles. The summed E-state index contributed by atoms with van der Waals surface area (Å²) in [6.07, 6.45) is 0.478. The van der Waals surface area contributed by atoms with Crippen LogP contribution in [0.5, 0.6) is 11.5 Å². The van der Waals surface area contributed by atoms with Crippen molar-refractivity contribution in [1.29, 1.82) is 0 Å². The van der Waals surface area contributed by atoms with Gasteiger partial charge >= 0.3 is 5.97 Å². The average Bonchev–Trinajstić information content (AvgIpc) is 2.64. The van der Waals surface area contributed by atoms with Gasteiger partial charge < -0.3 is 19.3 Å². The molecular formula is C20H23BrO6. The smallest absolute Gasteiger partial charge is 0.303 e. The van der Waals surface area contributed by atoms with E-state index in [4.69, 9.17) is 19.3 Å². The Hall–Kier alpha value is -2.12. The van der Waals surface area contributed by atoms with E-state index in [1.807, 2.05) is 18.2 Å². The van der Waals surface area contributed by atoms with E-state index < -0.39 is 5.97 Å². The Kier molecular flexibility index (Phi) is 8.54. The van der Waals surface area contributed by atoms with Crippen LogP contribution in [0.4, 0.5) is 0 Å². The number of fused-ring (bicyclic) bond motifs is 1. The Morgan fingerprint density at radius 3 is 2.52 bits per heavy atom. The van der Waals surface area contributed by atoms with Crippen LogP contribution in [-0.4, -0.2) is 48.6 Å². The number of alkyl halides is 1. The molecule has 0 spiro atoms. The van der Waals surface area contributed by atoms with Gasteiger partial charge in [0.25, 0.3) is 0 Å². The number of ketones is 1. The van der Waals surface area contributed by atoms with Crippen LogP contribution in [-0.2, 0) is 9.53 Å². The highest BCUT2D eigenvalue weighted by atomic mass is 79.9. The van der Waals surface area contributed by atoms with Crippen molar-refractivity contribution < 1.29 is 28.9 Å². The van der Waals surface area contributed by atoms with Gasteiger partial charge in [0, 0.05) is 11.8 Å². The van der Waals surface area contributed by atoms with E-state index in [1.54, 1.807) is 12.1 Å². The molecule has 0 saturated heterocycles. The normalized spacial score (nSPS) is 10.7. The molecule has 0 atom stereocenters. The summed E-state index contributed by atoms with van der Waals surface area (Å²) in [7, 11) is 0. The van der Waals surface area contributed by atoms with Gasteiger partial charge in [0.1, 0.15) is 18.1 Å². The lowest BCUT2D eigenvalue weighted by atomic mass is 10.0. The van der Waals surface area contributed by atoms with Gasteiger partial charge in [-0.1, -0.05) is 28.1 Å². The first-order valence-corrected chi connectivity index (χ1v) is 9.84. The van der Waals surface area contributed by atoms with Crippen LogP contribution in [0.2, 0.25) is 0 Å². The molecule has 0 aliphatic carbocycles. The Balaban J connectivity index is 2.16. The lowest BCUT2D eigenvalue weighted by molar-refractivity contribution is -0.137. The minimum atomic E-state index is -0.849. The number of carbonyl (C=O) groups is 2. The third-order valence-corrected chi connectivity index (χ3v) is 4.14. The van der Waals surface area contributed by atoms with Crippen molar-refractivity contribution in [2.45, 2.75) is 19.8 Å². The summed E-state index contributed by atoms with van der Waals surface area (Å²) in [4.78, 5) is 22.8. The highest BCUT2D eigenvalue weighted by Crippen LogP contribution is 2.31. The fourth-order valence-electron chi connectivity index (χ4n) is 2.63. The molecule has 2 rings (SSSR count). The average molecular weight is 439 g/mol. The molecule has 0 bridgehead atoms. The first kappa shape index (κ1) is 21.2. The van der Waals surface area contributed by atoms with Gasteiger partial charge in [0.2, 0.25) is 0 Å². The Morgan fingerprint density at radius 2 is 1.81 bits per heavy atom. The van der Waals surface area contributed by atoms with Crippen molar-refractivity contribution in [2.24, 2.45) is 0 Å². The van der Waals surface area contributed by atoms with Gasteiger partial charge in [0.15, 0.2) is 5.78 Å². The third kappa shape index (κ3) is 6.52. The molecule has 6 nitrogen and oxygen atoms in total. The number of rotatable bonds is 12. The quantitative estimate of drug-likeness (QED) is 0.305. The van der Waals surface area contributed by atoms with E-state index in [1.165, 1.54) is 6.92 Å². The maximum atomic E-state index is 12.2. The Morgan fingerprint density at radius 1 is 1.04 bits per heavy atom. The second-order valence-electron chi connectivity index (χ2n) is 5.87. The molecule has 0 aliphatic rings. The van der Waals surface area contributed by atoms with Crippen molar-refractivity contribution in [2.75, 3.05) is 31.8 Å². The summed E-state index contributed by atoms with van der Waals surface area (Å²) in [5.74, 6) is 0.159. The molecule has 0 unspecified atom stereocenters. The first-order valence-electron chi connectivity index (χ1n) is 8.71. The van der Waals surface area contributed by atoms with Gasteiger partial charge in [-0.15, -0.1) is 0 Å². The highest BCUT2D eigenvalue weighted by Gasteiger charge is 2.14.